The first kappa shape index (κ1) is 16.9. The van der Waals surface area contributed by atoms with Crippen LogP contribution < -0.4 is 10.2 Å². The fraction of sp³-hybridized carbons (Fsp3) is 0.125. The van der Waals surface area contributed by atoms with Crippen molar-refractivity contribution in [2.24, 2.45) is 0 Å². The quantitative estimate of drug-likeness (QED) is 0.925. The summed E-state index contributed by atoms with van der Waals surface area (Å²) in [5, 5.41) is 2.60. The molecule has 120 valence electrons. The molecule has 0 aromatic heterocycles. The van der Waals surface area contributed by atoms with Crippen LogP contribution in [0.3, 0.4) is 0 Å². The third-order valence-corrected chi connectivity index (χ3v) is 3.35. The van der Waals surface area contributed by atoms with E-state index in [1.165, 1.54) is 11.8 Å². The van der Waals surface area contributed by atoms with Crippen molar-refractivity contribution < 1.29 is 18.4 Å². The molecule has 0 aliphatic heterocycles. The molecule has 0 aliphatic carbocycles. The first-order valence-corrected chi connectivity index (χ1v) is 7.04. The number of halogens is 3. The van der Waals surface area contributed by atoms with Crippen LogP contribution >= 0.6 is 11.6 Å². The minimum Gasteiger partial charge on any atom is -0.322 e. The maximum atomic E-state index is 13.5. The third kappa shape index (κ3) is 4.26. The van der Waals surface area contributed by atoms with Gasteiger partial charge in [0.15, 0.2) is 0 Å². The zero-order chi connectivity index (χ0) is 17.0. The standard InChI is InChI=1S/C16H13ClF2N2O2/c1-10(22)21(15-5-3-2-4-12(15)17)9-16(23)20-14-7-6-11(18)8-13(14)19/h2-8H,9H2,1H3,(H,20,23). The summed E-state index contributed by atoms with van der Waals surface area (Å²) < 4.78 is 26.4. The van der Waals surface area contributed by atoms with Crippen molar-refractivity contribution in [1.82, 2.24) is 0 Å². The summed E-state index contributed by atoms with van der Waals surface area (Å²) in [6, 6.07) is 9.34. The third-order valence-electron chi connectivity index (χ3n) is 3.03. The summed E-state index contributed by atoms with van der Waals surface area (Å²) in [4.78, 5) is 25.0. The number of hydrogen-bond donors (Lipinski definition) is 1. The van der Waals surface area contributed by atoms with Crippen molar-refractivity contribution in [3.8, 4) is 0 Å². The van der Waals surface area contributed by atoms with Crippen LogP contribution in [-0.4, -0.2) is 18.4 Å². The molecule has 0 unspecified atom stereocenters. The molecule has 0 heterocycles. The molecule has 0 radical (unpaired) electrons. The summed E-state index contributed by atoms with van der Waals surface area (Å²) in [7, 11) is 0. The summed E-state index contributed by atoms with van der Waals surface area (Å²) in [5.41, 5.74) is 0.204. The van der Waals surface area contributed by atoms with E-state index in [4.69, 9.17) is 11.6 Å². The zero-order valence-corrected chi connectivity index (χ0v) is 12.9. The number of nitrogens with zero attached hydrogens (tertiary/aromatic N) is 1. The molecule has 7 heteroatoms. The van der Waals surface area contributed by atoms with Gasteiger partial charge in [0.25, 0.3) is 0 Å². The Bertz CT molecular complexity index is 753. The lowest BCUT2D eigenvalue weighted by atomic mass is 10.2. The van der Waals surface area contributed by atoms with Crippen LogP contribution in [0.5, 0.6) is 0 Å². The van der Waals surface area contributed by atoms with Gasteiger partial charge >= 0.3 is 0 Å². The van der Waals surface area contributed by atoms with Crippen molar-refractivity contribution in [2.45, 2.75) is 6.92 Å². The number of rotatable bonds is 4. The molecule has 1 N–H and O–H groups in total. The molecule has 2 aromatic rings. The number of anilines is 2. The van der Waals surface area contributed by atoms with Crippen LogP contribution in [-0.2, 0) is 9.59 Å². The van der Waals surface area contributed by atoms with Gasteiger partial charge in [-0.05, 0) is 24.3 Å². The van der Waals surface area contributed by atoms with Crippen LogP contribution in [0, 0.1) is 11.6 Å². The number of amides is 2. The molecule has 0 saturated carbocycles. The van der Waals surface area contributed by atoms with E-state index in [-0.39, 0.29) is 12.2 Å². The molecular weight excluding hydrogens is 326 g/mol. The van der Waals surface area contributed by atoms with E-state index in [9.17, 15) is 18.4 Å². The molecular formula is C16H13ClF2N2O2. The molecule has 0 fully saturated rings. The summed E-state index contributed by atoms with van der Waals surface area (Å²) >= 11 is 6.02. The first-order valence-electron chi connectivity index (χ1n) is 6.66. The number of carbonyl (C=O) groups excluding carboxylic acids is 2. The van der Waals surface area contributed by atoms with Gasteiger partial charge in [0.05, 0.1) is 16.4 Å². The number of nitrogens with one attached hydrogen (secondary N) is 1. The first-order chi connectivity index (χ1) is 10.9. The predicted octanol–water partition coefficient (Wildman–Crippen LogP) is 3.61. The fourth-order valence-corrected chi connectivity index (χ4v) is 2.20. The lowest BCUT2D eigenvalue weighted by Crippen LogP contribution is -2.37. The second-order valence-electron chi connectivity index (χ2n) is 4.73. The van der Waals surface area contributed by atoms with Gasteiger partial charge in [-0.15, -0.1) is 0 Å². The van der Waals surface area contributed by atoms with Gasteiger partial charge in [0.2, 0.25) is 11.8 Å². The van der Waals surface area contributed by atoms with Crippen molar-refractivity contribution in [3.63, 3.8) is 0 Å². The Morgan fingerprint density at radius 3 is 2.48 bits per heavy atom. The maximum Gasteiger partial charge on any atom is 0.244 e. The van der Waals surface area contributed by atoms with E-state index < -0.39 is 23.4 Å². The van der Waals surface area contributed by atoms with Crippen LogP contribution in [0.1, 0.15) is 6.92 Å². The predicted molar refractivity (Wildman–Crippen MR) is 84.5 cm³/mol. The highest BCUT2D eigenvalue weighted by atomic mass is 35.5. The van der Waals surface area contributed by atoms with Crippen LogP contribution in [0.25, 0.3) is 0 Å². The van der Waals surface area contributed by atoms with Gasteiger partial charge in [0.1, 0.15) is 18.2 Å². The Morgan fingerprint density at radius 1 is 1.17 bits per heavy atom. The molecule has 0 atom stereocenters. The fourth-order valence-electron chi connectivity index (χ4n) is 1.96. The average molecular weight is 339 g/mol. The Balaban J connectivity index is 2.16. The number of para-hydroxylation sites is 1. The van der Waals surface area contributed by atoms with Gasteiger partial charge in [-0.3, -0.25) is 9.59 Å². The molecule has 2 rings (SSSR count). The van der Waals surface area contributed by atoms with Crippen LogP contribution in [0.15, 0.2) is 42.5 Å². The average Bonchev–Trinajstić information content (AvgIpc) is 2.48. The zero-order valence-electron chi connectivity index (χ0n) is 12.1. The van der Waals surface area contributed by atoms with E-state index in [1.54, 1.807) is 24.3 Å². The Hall–Kier alpha value is -2.47. The molecule has 0 aliphatic rings. The van der Waals surface area contributed by atoms with Gasteiger partial charge in [-0.2, -0.15) is 0 Å². The van der Waals surface area contributed by atoms with Gasteiger partial charge in [-0.25, -0.2) is 8.78 Å². The van der Waals surface area contributed by atoms with E-state index in [0.717, 1.165) is 12.1 Å². The topological polar surface area (TPSA) is 49.4 Å². The molecule has 2 amide bonds. The second kappa shape index (κ2) is 7.19. The minimum absolute atomic E-state index is 0.168. The maximum absolute atomic E-state index is 13.5. The van der Waals surface area contributed by atoms with Crippen LogP contribution in [0.4, 0.5) is 20.2 Å². The SMILES string of the molecule is CC(=O)N(CC(=O)Nc1ccc(F)cc1F)c1ccccc1Cl. The molecule has 4 nitrogen and oxygen atoms in total. The van der Waals surface area contributed by atoms with Crippen molar-refractivity contribution >= 4 is 34.8 Å². The number of carbonyl (C=O) groups is 2. The van der Waals surface area contributed by atoms with Crippen molar-refractivity contribution in [2.75, 3.05) is 16.8 Å². The Labute approximate surface area is 136 Å². The Morgan fingerprint density at radius 2 is 1.87 bits per heavy atom. The summed E-state index contributed by atoms with van der Waals surface area (Å²) in [6.45, 7) is 0.935. The smallest absolute Gasteiger partial charge is 0.244 e. The van der Waals surface area contributed by atoms with Gasteiger partial charge in [0, 0.05) is 13.0 Å². The van der Waals surface area contributed by atoms with E-state index in [1.807, 2.05) is 0 Å². The highest BCUT2D eigenvalue weighted by molar-refractivity contribution is 6.33. The molecule has 0 saturated heterocycles. The number of hydrogen-bond acceptors (Lipinski definition) is 2. The second-order valence-corrected chi connectivity index (χ2v) is 5.14. The monoisotopic (exact) mass is 338 g/mol. The van der Waals surface area contributed by atoms with Crippen molar-refractivity contribution in [3.05, 3.63) is 59.1 Å². The van der Waals surface area contributed by atoms with Crippen LogP contribution in [0.2, 0.25) is 5.02 Å². The van der Waals surface area contributed by atoms with E-state index >= 15 is 0 Å². The van der Waals surface area contributed by atoms with Crippen molar-refractivity contribution in [1.29, 1.82) is 0 Å². The van der Waals surface area contributed by atoms with E-state index in [0.29, 0.717) is 16.8 Å². The molecule has 0 bridgehead atoms. The highest BCUT2D eigenvalue weighted by Gasteiger charge is 2.18. The lowest BCUT2D eigenvalue weighted by molar-refractivity contribution is -0.120. The highest BCUT2D eigenvalue weighted by Crippen LogP contribution is 2.25. The minimum atomic E-state index is -0.898. The van der Waals surface area contributed by atoms with Gasteiger partial charge < -0.3 is 10.2 Å². The summed E-state index contributed by atoms with van der Waals surface area (Å²) in [6.07, 6.45) is 0. The van der Waals surface area contributed by atoms with E-state index in [2.05, 4.69) is 5.32 Å². The normalized spacial score (nSPS) is 10.3. The lowest BCUT2D eigenvalue weighted by Gasteiger charge is -2.21. The van der Waals surface area contributed by atoms with Gasteiger partial charge in [-0.1, -0.05) is 23.7 Å². The molecule has 2 aromatic carbocycles. The molecule has 23 heavy (non-hydrogen) atoms. The Kier molecular flexibility index (Phi) is 5.28. The largest absolute Gasteiger partial charge is 0.322 e. The summed E-state index contributed by atoms with van der Waals surface area (Å²) in [5.74, 6) is -2.68. The molecule has 0 spiro atoms. The number of benzene rings is 2.